The number of sulfonamides is 1. The number of amides is 1. The van der Waals surface area contributed by atoms with Gasteiger partial charge in [-0.15, -0.1) is 5.10 Å². The summed E-state index contributed by atoms with van der Waals surface area (Å²) in [5, 5.41) is 15.1. The number of nitrogens with one attached hydrogen (secondary N) is 2. The van der Waals surface area contributed by atoms with E-state index in [0.717, 1.165) is 30.1 Å². The zero-order valence-electron chi connectivity index (χ0n) is 21.9. The van der Waals surface area contributed by atoms with Crippen LogP contribution in [0.3, 0.4) is 0 Å². The third-order valence-corrected chi connectivity index (χ3v) is 9.89. The normalized spacial score (nSPS) is 21.6. The Morgan fingerprint density at radius 2 is 1.85 bits per heavy atom. The summed E-state index contributed by atoms with van der Waals surface area (Å²) in [6, 6.07) is 14.6. The first-order chi connectivity index (χ1) is 19.0. The number of benzene rings is 2. The largest absolute Gasteiger partial charge is 0.329 e. The topological polar surface area (TPSA) is 109 Å². The predicted molar refractivity (Wildman–Crippen MR) is 147 cm³/mol. The molecule has 1 saturated carbocycles. The van der Waals surface area contributed by atoms with Crippen molar-refractivity contribution in [3.05, 3.63) is 89.5 Å². The van der Waals surface area contributed by atoms with E-state index in [4.69, 9.17) is 0 Å². The second-order valence-corrected chi connectivity index (χ2v) is 12.5. The number of hydrogen-bond donors (Lipinski definition) is 2. The highest BCUT2D eigenvalue weighted by Gasteiger charge is 2.36. The van der Waals surface area contributed by atoms with Crippen molar-refractivity contribution in [2.24, 2.45) is 0 Å². The third-order valence-electron chi connectivity index (χ3n) is 8.10. The van der Waals surface area contributed by atoms with Crippen LogP contribution in [0.4, 0.5) is 0 Å². The number of nitrogens with zero attached hydrogens (tertiary/aromatic N) is 4. The first-order valence-electron chi connectivity index (χ1n) is 13.8. The summed E-state index contributed by atoms with van der Waals surface area (Å²) in [4.78, 5) is 12.9. The van der Waals surface area contributed by atoms with Gasteiger partial charge in [-0.2, -0.15) is 0 Å². The van der Waals surface area contributed by atoms with Gasteiger partial charge in [-0.1, -0.05) is 54.5 Å². The number of carbonyl (C=O) groups excluding carboxylic acids is 1. The van der Waals surface area contributed by atoms with Gasteiger partial charge in [0.1, 0.15) is 6.04 Å². The van der Waals surface area contributed by atoms with E-state index in [1.54, 1.807) is 18.2 Å². The van der Waals surface area contributed by atoms with Gasteiger partial charge in [-0.05, 0) is 60.9 Å². The monoisotopic (exact) mass is 546 g/mol. The van der Waals surface area contributed by atoms with E-state index < -0.39 is 22.0 Å². The highest BCUT2D eigenvalue weighted by Crippen LogP contribution is 2.33. The van der Waals surface area contributed by atoms with Gasteiger partial charge in [-0.3, -0.25) is 9.10 Å². The molecule has 1 aliphatic heterocycles. The average Bonchev–Trinajstić information content (AvgIpc) is 3.65. The molecular weight excluding hydrogens is 512 g/mol. The van der Waals surface area contributed by atoms with E-state index in [-0.39, 0.29) is 17.4 Å². The van der Waals surface area contributed by atoms with Gasteiger partial charge in [0.25, 0.3) is 10.0 Å². The molecule has 0 bridgehead atoms. The molecule has 39 heavy (non-hydrogen) atoms. The third kappa shape index (κ3) is 5.35. The Hall–Kier alpha value is -3.50. The van der Waals surface area contributed by atoms with E-state index in [9.17, 15) is 13.2 Å². The Morgan fingerprint density at radius 1 is 1.03 bits per heavy atom. The minimum Gasteiger partial charge on any atom is -0.329 e. The molecule has 3 aromatic rings. The molecule has 3 aliphatic rings. The molecule has 2 atom stereocenters. The van der Waals surface area contributed by atoms with Gasteiger partial charge >= 0.3 is 0 Å². The van der Waals surface area contributed by atoms with Crippen molar-refractivity contribution >= 4 is 15.9 Å². The smallest absolute Gasteiger partial charge is 0.264 e. The van der Waals surface area contributed by atoms with Crippen LogP contribution in [0.5, 0.6) is 0 Å². The Bertz CT molecular complexity index is 1460. The van der Waals surface area contributed by atoms with Crippen molar-refractivity contribution in [3.8, 4) is 0 Å². The first-order valence-corrected chi connectivity index (χ1v) is 15.2. The fraction of sp³-hybridized carbons (Fsp3) is 0.414. The molecule has 1 aromatic heterocycles. The molecule has 2 aliphatic carbocycles. The van der Waals surface area contributed by atoms with Crippen LogP contribution in [0.15, 0.2) is 72.0 Å². The van der Waals surface area contributed by atoms with Crippen molar-refractivity contribution in [1.82, 2.24) is 29.9 Å². The quantitative estimate of drug-likeness (QED) is 0.448. The minimum atomic E-state index is -3.91. The number of rotatable bonds is 8. The summed E-state index contributed by atoms with van der Waals surface area (Å²) in [6.07, 6.45) is 13.0. The second kappa shape index (κ2) is 10.9. The summed E-state index contributed by atoms with van der Waals surface area (Å²) < 4.78 is 29.6. The van der Waals surface area contributed by atoms with Crippen molar-refractivity contribution in [2.45, 2.75) is 80.9 Å². The standard InChI is InChI=1S/C29H34N6O3S/c36-29-28(35(16-15-30-29)39(37,38)25-10-2-1-3-11-25)18-24-20-34(33-32-24)27-12-6-7-22-17-21(13-14-26(22)27)19-31-23-8-4-5-9-23/h1-3,10-11,13-17,20,23,27-28,31H,4-9,12,18-19H2,(H,30,36)/t27-,28?/m1/s1. The molecule has 1 amide bonds. The molecule has 0 saturated heterocycles. The van der Waals surface area contributed by atoms with Crippen LogP contribution in [0, 0.1) is 0 Å². The summed E-state index contributed by atoms with van der Waals surface area (Å²) in [5.41, 5.74) is 4.50. The van der Waals surface area contributed by atoms with E-state index in [0.29, 0.717) is 11.7 Å². The molecule has 2 N–H and O–H groups in total. The minimum absolute atomic E-state index is 0.0658. The van der Waals surface area contributed by atoms with Gasteiger partial charge in [0.15, 0.2) is 0 Å². The van der Waals surface area contributed by atoms with Gasteiger partial charge in [0, 0.05) is 37.6 Å². The first kappa shape index (κ1) is 25.8. The van der Waals surface area contributed by atoms with Crippen molar-refractivity contribution < 1.29 is 13.2 Å². The number of aromatic nitrogens is 3. The lowest BCUT2D eigenvalue weighted by molar-refractivity contribution is -0.124. The molecular formula is C29H34N6O3S. The van der Waals surface area contributed by atoms with Crippen LogP contribution in [0.1, 0.15) is 67.0 Å². The Morgan fingerprint density at radius 3 is 2.67 bits per heavy atom. The van der Waals surface area contributed by atoms with Crippen LogP contribution in [-0.2, 0) is 34.2 Å². The van der Waals surface area contributed by atoms with Crippen LogP contribution < -0.4 is 10.6 Å². The van der Waals surface area contributed by atoms with Crippen molar-refractivity contribution in [1.29, 1.82) is 0 Å². The van der Waals surface area contributed by atoms with Gasteiger partial charge in [0.2, 0.25) is 5.91 Å². The van der Waals surface area contributed by atoms with Crippen molar-refractivity contribution in [3.63, 3.8) is 0 Å². The fourth-order valence-corrected chi connectivity index (χ4v) is 7.50. The van der Waals surface area contributed by atoms with Crippen LogP contribution >= 0.6 is 0 Å². The molecule has 204 valence electrons. The predicted octanol–water partition coefficient (Wildman–Crippen LogP) is 3.44. The maximum atomic E-state index is 13.3. The molecule has 0 radical (unpaired) electrons. The fourth-order valence-electron chi connectivity index (χ4n) is 6.03. The van der Waals surface area contributed by atoms with E-state index in [1.807, 2.05) is 10.9 Å². The SMILES string of the molecule is O=C1NC=CN(S(=O)(=O)c2ccccc2)C1Cc1cn([C@@H]2CCCc3cc(CNC4CCCC4)ccc32)nn1. The lowest BCUT2D eigenvalue weighted by Gasteiger charge is -2.31. The van der Waals surface area contributed by atoms with Gasteiger partial charge in [-0.25, -0.2) is 13.1 Å². The summed E-state index contributed by atoms with van der Waals surface area (Å²) in [7, 11) is -3.91. The summed E-state index contributed by atoms with van der Waals surface area (Å²) in [5.74, 6) is -0.395. The zero-order chi connectivity index (χ0) is 26.8. The summed E-state index contributed by atoms with van der Waals surface area (Å²) >= 11 is 0. The second-order valence-electron chi connectivity index (χ2n) is 10.7. The van der Waals surface area contributed by atoms with Gasteiger partial charge in [0.05, 0.1) is 16.6 Å². The molecule has 9 nitrogen and oxygen atoms in total. The summed E-state index contributed by atoms with van der Waals surface area (Å²) in [6.45, 7) is 0.899. The van der Waals surface area contributed by atoms with Crippen LogP contribution in [0.2, 0.25) is 0 Å². The van der Waals surface area contributed by atoms with E-state index >= 15 is 0 Å². The molecule has 1 fully saturated rings. The molecule has 10 heteroatoms. The highest BCUT2D eigenvalue weighted by molar-refractivity contribution is 7.89. The lowest BCUT2D eigenvalue weighted by atomic mass is 9.86. The van der Waals surface area contributed by atoms with Crippen molar-refractivity contribution in [2.75, 3.05) is 0 Å². The van der Waals surface area contributed by atoms with E-state index in [1.165, 1.54) is 66.9 Å². The molecule has 0 spiro atoms. The Labute approximate surface area is 229 Å². The molecule has 2 heterocycles. The number of fused-ring (bicyclic) bond motifs is 1. The number of aryl methyl sites for hydroxylation is 1. The Balaban J connectivity index is 1.19. The maximum absolute atomic E-state index is 13.3. The van der Waals surface area contributed by atoms with Crippen LogP contribution in [-0.4, -0.2) is 45.7 Å². The zero-order valence-corrected chi connectivity index (χ0v) is 22.7. The highest BCUT2D eigenvalue weighted by atomic mass is 32.2. The Kier molecular flexibility index (Phi) is 7.22. The van der Waals surface area contributed by atoms with E-state index in [2.05, 4.69) is 39.1 Å². The molecule has 1 unspecified atom stereocenters. The molecule has 6 rings (SSSR count). The molecule has 2 aromatic carbocycles. The number of carbonyl (C=O) groups is 1. The average molecular weight is 547 g/mol. The van der Waals surface area contributed by atoms with Crippen LogP contribution in [0.25, 0.3) is 0 Å². The maximum Gasteiger partial charge on any atom is 0.264 e. The lowest BCUT2D eigenvalue weighted by Crippen LogP contribution is -2.50. The van der Waals surface area contributed by atoms with Gasteiger partial charge < -0.3 is 10.6 Å². The number of hydrogen-bond acceptors (Lipinski definition) is 6.